The number of imidazole rings is 1. The fourth-order valence-corrected chi connectivity index (χ4v) is 3.31. The number of carbonyl (C=O) groups is 1. The predicted octanol–water partition coefficient (Wildman–Crippen LogP) is 2.39. The number of hydrogen-bond acceptors (Lipinski definition) is 5. The van der Waals surface area contributed by atoms with Crippen LogP contribution < -0.4 is 16.4 Å². The van der Waals surface area contributed by atoms with Crippen LogP contribution in [0.5, 0.6) is 0 Å². The van der Waals surface area contributed by atoms with E-state index in [9.17, 15) is 4.79 Å². The summed E-state index contributed by atoms with van der Waals surface area (Å²) < 4.78 is 7.94. The molecule has 8 nitrogen and oxygen atoms in total. The van der Waals surface area contributed by atoms with E-state index in [0.717, 1.165) is 34.9 Å². The second kappa shape index (κ2) is 9.23. The third-order valence-electron chi connectivity index (χ3n) is 4.85. The van der Waals surface area contributed by atoms with Crippen molar-refractivity contribution in [3.05, 3.63) is 17.6 Å². The number of ether oxygens (including phenoxy) is 1. The Hall–Kier alpha value is -2.35. The Balaban J connectivity index is 1.56. The average Bonchev–Trinajstić information content (AvgIpc) is 3.38. The molecule has 154 valence electrons. The van der Waals surface area contributed by atoms with Crippen LogP contribution in [0.25, 0.3) is 11.0 Å². The number of fused-ring (bicyclic) bond motifs is 1. The second-order valence-electron chi connectivity index (χ2n) is 7.85. The maximum absolute atomic E-state index is 11.6. The van der Waals surface area contributed by atoms with Gasteiger partial charge in [0, 0.05) is 31.2 Å². The van der Waals surface area contributed by atoms with Crippen molar-refractivity contribution in [2.75, 3.05) is 25.5 Å². The Bertz CT molecular complexity index is 813. The first-order valence-electron chi connectivity index (χ1n) is 10.2. The zero-order valence-corrected chi connectivity index (χ0v) is 17.1. The number of nitrogen functional groups attached to an aromatic ring is 1. The first-order valence-corrected chi connectivity index (χ1v) is 10.2. The van der Waals surface area contributed by atoms with Crippen LogP contribution in [0.1, 0.15) is 44.6 Å². The molecule has 4 N–H and O–H groups in total. The molecule has 0 bridgehead atoms. The normalized spacial score (nSPS) is 14.0. The van der Waals surface area contributed by atoms with Crippen LogP contribution in [0.15, 0.2) is 6.07 Å². The second-order valence-corrected chi connectivity index (χ2v) is 7.85. The van der Waals surface area contributed by atoms with Crippen LogP contribution in [0, 0.1) is 12.8 Å². The molecule has 1 aliphatic rings. The van der Waals surface area contributed by atoms with E-state index in [4.69, 9.17) is 15.5 Å². The van der Waals surface area contributed by atoms with E-state index in [2.05, 4.69) is 20.2 Å². The highest BCUT2D eigenvalue weighted by Crippen LogP contribution is 2.34. The number of rotatable bonds is 10. The fourth-order valence-electron chi connectivity index (χ4n) is 3.31. The highest BCUT2D eigenvalue weighted by Gasteiger charge is 2.22. The van der Waals surface area contributed by atoms with Gasteiger partial charge >= 0.3 is 6.03 Å². The third kappa shape index (κ3) is 5.58. The van der Waals surface area contributed by atoms with Crippen molar-refractivity contribution in [2.45, 2.75) is 59.0 Å². The zero-order valence-electron chi connectivity index (χ0n) is 17.1. The smallest absolute Gasteiger partial charge is 0.315 e. The number of hydrogen-bond donors (Lipinski definition) is 3. The molecule has 2 aromatic rings. The molecular weight excluding hydrogens is 356 g/mol. The summed E-state index contributed by atoms with van der Waals surface area (Å²) in [4.78, 5) is 20.7. The van der Waals surface area contributed by atoms with Crippen molar-refractivity contribution in [2.24, 2.45) is 5.92 Å². The summed E-state index contributed by atoms with van der Waals surface area (Å²) in [6.45, 7) is 8.01. The van der Waals surface area contributed by atoms with Gasteiger partial charge in [-0.05, 0) is 39.2 Å². The summed E-state index contributed by atoms with van der Waals surface area (Å²) in [5.41, 5.74) is 8.79. The number of amides is 2. The molecule has 1 aliphatic carbocycles. The number of aromatic nitrogens is 3. The number of nitrogens with zero attached hydrogens (tertiary/aromatic N) is 3. The maximum atomic E-state index is 11.6. The lowest BCUT2D eigenvalue weighted by molar-refractivity contribution is 0.128. The fraction of sp³-hybridized carbons (Fsp3) is 0.650. The average molecular weight is 389 g/mol. The van der Waals surface area contributed by atoms with Gasteiger partial charge in [-0.2, -0.15) is 0 Å². The van der Waals surface area contributed by atoms with E-state index in [1.807, 2.05) is 26.8 Å². The molecule has 2 amide bonds. The molecule has 0 saturated heterocycles. The first-order chi connectivity index (χ1) is 13.4. The summed E-state index contributed by atoms with van der Waals surface area (Å²) in [7, 11) is 0. The van der Waals surface area contributed by atoms with Gasteiger partial charge in [0.25, 0.3) is 0 Å². The van der Waals surface area contributed by atoms with Gasteiger partial charge in [0.15, 0.2) is 5.82 Å². The highest BCUT2D eigenvalue weighted by atomic mass is 16.5. The SMILES string of the molecule is Cc1cc2c(nc(CCC3CC3)n2CCOCCNC(=O)NC(C)C)c(N)n1. The van der Waals surface area contributed by atoms with Gasteiger partial charge in [-0.1, -0.05) is 12.8 Å². The van der Waals surface area contributed by atoms with Gasteiger partial charge in [-0.3, -0.25) is 0 Å². The lowest BCUT2D eigenvalue weighted by Gasteiger charge is -2.12. The molecule has 0 aliphatic heterocycles. The molecule has 0 atom stereocenters. The van der Waals surface area contributed by atoms with Crippen LogP contribution in [-0.4, -0.2) is 46.4 Å². The molecule has 0 spiro atoms. The van der Waals surface area contributed by atoms with E-state index >= 15 is 0 Å². The molecule has 28 heavy (non-hydrogen) atoms. The quantitative estimate of drug-likeness (QED) is 0.542. The lowest BCUT2D eigenvalue weighted by Crippen LogP contribution is -2.40. The summed E-state index contributed by atoms with van der Waals surface area (Å²) >= 11 is 0. The van der Waals surface area contributed by atoms with Crippen LogP contribution in [0.4, 0.5) is 10.6 Å². The molecule has 0 radical (unpaired) electrons. The van der Waals surface area contributed by atoms with E-state index in [1.54, 1.807) is 0 Å². The molecule has 8 heteroatoms. The summed E-state index contributed by atoms with van der Waals surface area (Å²) in [5.74, 6) is 2.39. The maximum Gasteiger partial charge on any atom is 0.315 e. The number of carbonyl (C=O) groups excluding carboxylic acids is 1. The van der Waals surface area contributed by atoms with Crippen LogP contribution in [0.2, 0.25) is 0 Å². The molecule has 3 rings (SSSR count). The van der Waals surface area contributed by atoms with Gasteiger partial charge in [-0.15, -0.1) is 0 Å². The Morgan fingerprint density at radius 1 is 1.36 bits per heavy atom. The molecule has 2 heterocycles. The summed E-state index contributed by atoms with van der Waals surface area (Å²) in [5, 5.41) is 5.57. The predicted molar refractivity (Wildman–Crippen MR) is 110 cm³/mol. The number of urea groups is 1. The van der Waals surface area contributed by atoms with Crippen molar-refractivity contribution >= 4 is 22.9 Å². The number of pyridine rings is 1. The number of nitrogens with one attached hydrogen (secondary N) is 2. The van der Waals surface area contributed by atoms with E-state index in [-0.39, 0.29) is 12.1 Å². The summed E-state index contributed by atoms with van der Waals surface area (Å²) in [6, 6.07) is 1.99. The molecule has 1 saturated carbocycles. The van der Waals surface area contributed by atoms with Gasteiger partial charge < -0.3 is 25.7 Å². The minimum Gasteiger partial charge on any atom is -0.382 e. The van der Waals surface area contributed by atoms with Crippen molar-refractivity contribution in [3.63, 3.8) is 0 Å². The van der Waals surface area contributed by atoms with E-state index < -0.39 is 0 Å². The monoisotopic (exact) mass is 388 g/mol. The summed E-state index contributed by atoms with van der Waals surface area (Å²) in [6.07, 6.45) is 4.80. The Labute approximate surface area is 166 Å². The van der Waals surface area contributed by atoms with Crippen LogP contribution in [0.3, 0.4) is 0 Å². The largest absolute Gasteiger partial charge is 0.382 e. The molecule has 0 unspecified atom stereocenters. The van der Waals surface area contributed by atoms with E-state index in [0.29, 0.717) is 32.1 Å². The number of anilines is 1. The standard InChI is InChI=1S/C20H32N6O2/c1-13(2)23-20(27)22-8-10-28-11-9-26-16-12-14(3)24-19(21)18(16)25-17(26)7-6-15-4-5-15/h12-13,15H,4-11H2,1-3H3,(H2,21,24)(H2,22,23,27). The minimum atomic E-state index is -0.167. The molecule has 2 aromatic heterocycles. The Morgan fingerprint density at radius 2 is 2.14 bits per heavy atom. The minimum absolute atomic E-state index is 0.120. The molecule has 1 fully saturated rings. The van der Waals surface area contributed by atoms with E-state index in [1.165, 1.54) is 19.3 Å². The van der Waals surface area contributed by atoms with Crippen molar-refractivity contribution in [1.29, 1.82) is 0 Å². The Kier molecular flexibility index (Phi) is 6.72. The van der Waals surface area contributed by atoms with Gasteiger partial charge in [-0.25, -0.2) is 14.8 Å². The topological polar surface area (TPSA) is 107 Å². The molecular formula is C20H32N6O2. The van der Waals surface area contributed by atoms with Gasteiger partial charge in [0.1, 0.15) is 11.3 Å². The van der Waals surface area contributed by atoms with Crippen LogP contribution >= 0.6 is 0 Å². The van der Waals surface area contributed by atoms with Crippen molar-refractivity contribution in [3.8, 4) is 0 Å². The highest BCUT2D eigenvalue weighted by molar-refractivity contribution is 5.85. The van der Waals surface area contributed by atoms with Crippen molar-refractivity contribution < 1.29 is 9.53 Å². The van der Waals surface area contributed by atoms with Gasteiger partial charge in [0.05, 0.1) is 18.7 Å². The Morgan fingerprint density at radius 3 is 2.86 bits per heavy atom. The van der Waals surface area contributed by atoms with Crippen LogP contribution in [-0.2, 0) is 17.7 Å². The number of aryl methyl sites for hydroxylation is 2. The first kappa shape index (κ1) is 20.4. The third-order valence-corrected chi connectivity index (χ3v) is 4.85. The molecule has 0 aromatic carbocycles. The number of nitrogens with two attached hydrogens (primary N) is 1. The lowest BCUT2D eigenvalue weighted by atomic mass is 10.2. The van der Waals surface area contributed by atoms with Gasteiger partial charge in [0.2, 0.25) is 0 Å². The zero-order chi connectivity index (χ0) is 20.1. The van der Waals surface area contributed by atoms with Crippen molar-refractivity contribution in [1.82, 2.24) is 25.2 Å².